The number of hydrogen-bond acceptors (Lipinski definition) is 4. The third-order valence-corrected chi connectivity index (χ3v) is 4.22. The van der Waals surface area contributed by atoms with E-state index in [1.165, 1.54) is 6.92 Å². The molecule has 6 heteroatoms. The number of carbonyl (C=O) groups is 2. The Morgan fingerprint density at radius 3 is 2.65 bits per heavy atom. The molecule has 0 fully saturated rings. The summed E-state index contributed by atoms with van der Waals surface area (Å²) in [6, 6.07) is 12.3. The van der Waals surface area contributed by atoms with Crippen LogP contribution in [0.2, 0.25) is 5.02 Å². The van der Waals surface area contributed by atoms with Crippen LogP contribution in [0, 0.1) is 13.8 Å². The Hall–Kier alpha value is -2.79. The maximum atomic E-state index is 12.3. The number of esters is 1. The van der Waals surface area contributed by atoms with Crippen LogP contribution in [0.5, 0.6) is 0 Å². The monoisotopic (exact) mass is 371 g/mol. The lowest BCUT2D eigenvalue weighted by atomic mass is 10.1. The van der Waals surface area contributed by atoms with Crippen molar-refractivity contribution in [3.8, 4) is 0 Å². The zero-order valence-electron chi connectivity index (χ0n) is 14.6. The van der Waals surface area contributed by atoms with Crippen LogP contribution in [0.3, 0.4) is 0 Å². The number of ether oxygens (including phenoxy) is 1. The van der Waals surface area contributed by atoms with Crippen LogP contribution in [0.4, 0.5) is 5.69 Å². The van der Waals surface area contributed by atoms with E-state index in [4.69, 9.17) is 20.8 Å². The van der Waals surface area contributed by atoms with E-state index in [9.17, 15) is 9.59 Å². The average molecular weight is 372 g/mol. The second-order valence-electron chi connectivity index (χ2n) is 6.15. The van der Waals surface area contributed by atoms with Crippen molar-refractivity contribution < 1.29 is 18.7 Å². The molecule has 2 aromatic carbocycles. The summed E-state index contributed by atoms with van der Waals surface area (Å²) in [7, 11) is 0. The van der Waals surface area contributed by atoms with Gasteiger partial charge in [0.05, 0.1) is 0 Å². The highest BCUT2D eigenvalue weighted by Crippen LogP contribution is 2.24. The van der Waals surface area contributed by atoms with Gasteiger partial charge in [0.2, 0.25) is 5.76 Å². The molecule has 3 aromatic rings. The first-order valence-corrected chi connectivity index (χ1v) is 8.49. The largest absolute Gasteiger partial charge is 0.449 e. The minimum atomic E-state index is -0.973. The number of anilines is 1. The van der Waals surface area contributed by atoms with Gasteiger partial charge in [-0.05, 0) is 62.2 Å². The Kier molecular flexibility index (Phi) is 5.00. The third kappa shape index (κ3) is 3.89. The van der Waals surface area contributed by atoms with Gasteiger partial charge in [0, 0.05) is 16.1 Å². The highest BCUT2D eigenvalue weighted by molar-refractivity contribution is 6.31. The molecule has 3 rings (SSSR count). The quantitative estimate of drug-likeness (QED) is 0.663. The summed E-state index contributed by atoms with van der Waals surface area (Å²) in [4.78, 5) is 24.6. The Labute approximate surface area is 155 Å². The molecule has 1 unspecified atom stereocenters. The summed E-state index contributed by atoms with van der Waals surface area (Å²) in [5.41, 5.74) is 3.17. The number of aryl methyl sites for hydroxylation is 2. The van der Waals surface area contributed by atoms with Gasteiger partial charge in [-0.3, -0.25) is 4.79 Å². The van der Waals surface area contributed by atoms with E-state index >= 15 is 0 Å². The van der Waals surface area contributed by atoms with Crippen LogP contribution in [0.15, 0.2) is 46.9 Å². The molecule has 1 amide bonds. The number of nitrogens with one attached hydrogen (secondary N) is 1. The number of furan rings is 1. The van der Waals surface area contributed by atoms with Crippen molar-refractivity contribution in [3.05, 3.63) is 64.4 Å². The SMILES string of the molecule is Cc1ccc(C)c(NC(=O)C(C)OC(=O)c2cc3cc(Cl)ccc3o2)c1. The first kappa shape index (κ1) is 18.0. The van der Waals surface area contributed by atoms with Gasteiger partial charge in [0.1, 0.15) is 5.58 Å². The summed E-state index contributed by atoms with van der Waals surface area (Å²) >= 11 is 5.92. The molecule has 0 spiro atoms. The maximum absolute atomic E-state index is 12.3. The van der Waals surface area contributed by atoms with E-state index < -0.39 is 18.0 Å². The van der Waals surface area contributed by atoms with Gasteiger partial charge in [-0.1, -0.05) is 23.7 Å². The lowest BCUT2D eigenvalue weighted by Crippen LogP contribution is -2.30. The smallest absolute Gasteiger partial charge is 0.375 e. The van der Waals surface area contributed by atoms with Crippen molar-refractivity contribution >= 4 is 40.1 Å². The molecule has 0 radical (unpaired) electrons. The number of hydrogen-bond donors (Lipinski definition) is 1. The average Bonchev–Trinajstić information content (AvgIpc) is 3.01. The third-order valence-electron chi connectivity index (χ3n) is 3.98. The van der Waals surface area contributed by atoms with Gasteiger partial charge in [-0.25, -0.2) is 4.79 Å². The first-order valence-electron chi connectivity index (χ1n) is 8.11. The van der Waals surface area contributed by atoms with Crippen LogP contribution >= 0.6 is 11.6 Å². The van der Waals surface area contributed by atoms with Gasteiger partial charge in [0.25, 0.3) is 5.91 Å². The minimum absolute atomic E-state index is 0.0219. The van der Waals surface area contributed by atoms with Gasteiger partial charge >= 0.3 is 5.97 Å². The second-order valence-corrected chi connectivity index (χ2v) is 6.58. The predicted molar refractivity (Wildman–Crippen MR) is 101 cm³/mol. The Balaban J connectivity index is 1.69. The summed E-state index contributed by atoms with van der Waals surface area (Å²) in [6.45, 7) is 5.34. The molecule has 0 aliphatic rings. The van der Waals surface area contributed by atoms with Crippen LogP contribution in [0.1, 0.15) is 28.6 Å². The lowest BCUT2D eigenvalue weighted by molar-refractivity contribution is -0.123. The number of fused-ring (bicyclic) bond motifs is 1. The zero-order valence-corrected chi connectivity index (χ0v) is 15.4. The highest BCUT2D eigenvalue weighted by atomic mass is 35.5. The summed E-state index contributed by atoms with van der Waals surface area (Å²) in [6.07, 6.45) is -0.973. The maximum Gasteiger partial charge on any atom is 0.375 e. The van der Waals surface area contributed by atoms with Gasteiger partial charge in [0.15, 0.2) is 6.10 Å². The lowest BCUT2D eigenvalue weighted by Gasteiger charge is -2.14. The van der Waals surface area contributed by atoms with Crippen molar-refractivity contribution in [2.75, 3.05) is 5.32 Å². The number of amides is 1. The molecular weight excluding hydrogens is 354 g/mol. The fraction of sp³-hybridized carbons (Fsp3) is 0.200. The van der Waals surface area contributed by atoms with Crippen LogP contribution < -0.4 is 5.32 Å². The topological polar surface area (TPSA) is 68.5 Å². The van der Waals surface area contributed by atoms with Crippen LogP contribution in [0.25, 0.3) is 11.0 Å². The van der Waals surface area contributed by atoms with Gasteiger partial charge < -0.3 is 14.5 Å². The predicted octanol–water partition coefficient (Wildman–Crippen LogP) is 4.89. The molecule has 0 saturated heterocycles. The van der Waals surface area contributed by atoms with Crippen molar-refractivity contribution in [2.45, 2.75) is 26.9 Å². The molecule has 1 N–H and O–H groups in total. The Bertz CT molecular complexity index is 993. The molecule has 0 aliphatic carbocycles. The summed E-state index contributed by atoms with van der Waals surface area (Å²) in [5.74, 6) is -1.10. The molecule has 26 heavy (non-hydrogen) atoms. The zero-order chi connectivity index (χ0) is 18.8. The Morgan fingerprint density at radius 2 is 1.88 bits per heavy atom. The van der Waals surface area contributed by atoms with Crippen molar-refractivity contribution in [1.82, 2.24) is 0 Å². The molecule has 0 aliphatic heterocycles. The number of carbonyl (C=O) groups excluding carboxylic acids is 2. The summed E-state index contributed by atoms with van der Waals surface area (Å²) < 4.78 is 10.7. The minimum Gasteiger partial charge on any atom is -0.449 e. The van der Waals surface area contributed by atoms with Crippen LogP contribution in [-0.4, -0.2) is 18.0 Å². The van der Waals surface area contributed by atoms with E-state index in [-0.39, 0.29) is 5.76 Å². The molecule has 1 heterocycles. The normalized spacial score (nSPS) is 12.0. The van der Waals surface area contributed by atoms with E-state index in [1.807, 2.05) is 32.0 Å². The van der Waals surface area contributed by atoms with E-state index in [0.717, 1.165) is 11.1 Å². The number of benzene rings is 2. The van der Waals surface area contributed by atoms with Crippen LogP contribution in [-0.2, 0) is 9.53 Å². The van der Waals surface area contributed by atoms with Crippen molar-refractivity contribution in [1.29, 1.82) is 0 Å². The van der Waals surface area contributed by atoms with Gasteiger partial charge in [-0.15, -0.1) is 0 Å². The fourth-order valence-corrected chi connectivity index (χ4v) is 2.67. The first-order chi connectivity index (χ1) is 12.3. The highest BCUT2D eigenvalue weighted by Gasteiger charge is 2.22. The number of rotatable bonds is 4. The number of halogens is 1. The molecule has 5 nitrogen and oxygen atoms in total. The second kappa shape index (κ2) is 7.22. The molecular formula is C20H18ClNO4. The molecule has 1 atom stereocenters. The van der Waals surface area contributed by atoms with Crippen molar-refractivity contribution in [2.24, 2.45) is 0 Å². The van der Waals surface area contributed by atoms with Gasteiger partial charge in [-0.2, -0.15) is 0 Å². The molecule has 134 valence electrons. The van der Waals surface area contributed by atoms with E-state index in [1.54, 1.807) is 24.3 Å². The van der Waals surface area contributed by atoms with E-state index in [0.29, 0.717) is 21.7 Å². The Morgan fingerprint density at radius 1 is 1.12 bits per heavy atom. The standard InChI is InChI=1S/C20H18ClNO4/c1-11-4-5-12(2)16(8-11)22-19(23)13(3)25-20(24)18-10-14-9-15(21)6-7-17(14)26-18/h4-10,13H,1-3H3,(H,22,23). The fourth-order valence-electron chi connectivity index (χ4n) is 2.49. The molecule has 1 aromatic heterocycles. The van der Waals surface area contributed by atoms with Crippen molar-refractivity contribution in [3.63, 3.8) is 0 Å². The van der Waals surface area contributed by atoms with E-state index in [2.05, 4.69) is 5.32 Å². The molecule has 0 bridgehead atoms. The molecule has 0 saturated carbocycles. The summed E-state index contributed by atoms with van der Waals surface area (Å²) in [5, 5.41) is 4.01.